The van der Waals surface area contributed by atoms with E-state index in [1.165, 1.54) is 5.39 Å². The Bertz CT molecular complexity index is 594. The van der Waals surface area contributed by atoms with Crippen molar-refractivity contribution in [3.8, 4) is 0 Å². The molecule has 3 rings (SSSR count). The second-order valence-corrected chi connectivity index (χ2v) is 5.87. The highest BCUT2D eigenvalue weighted by atomic mass is 16.5. The minimum atomic E-state index is 0.155. The number of para-hydroxylation sites is 1. The molecule has 100 valence electrons. The zero-order valence-corrected chi connectivity index (χ0v) is 11.7. The number of ether oxygens (including phenoxy) is 1. The molecule has 1 aromatic heterocycles. The summed E-state index contributed by atoms with van der Waals surface area (Å²) in [4.78, 5) is 4.66. The number of pyridine rings is 1. The first-order chi connectivity index (χ1) is 9.11. The van der Waals surface area contributed by atoms with Crippen molar-refractivity contribution < 1.29 is 4.74 Å². The average Bonchev–Trinajstić information content (AvgIpc) is 2.42. The van der Waals surface area contributed by atoms with Gasteiger partial charge < -0.3 is 10.1 Å². The Morgan fingerprint density at radius 2 is 2.00 bits per heavy atom. The number of aromatic nitrogens is 1. The maximum Gasteiger partial charge on any atom is 0.126 e. The van der Waals surface area contributed by atoms with Gasteiger partial charge in [0.25, 0.3) is 0 Å². The van der Waals surface area contributed by atoms with E-state index in [0.717, 1.165) is 17.8 Å². The minimum Gasteiger partial charge on any atom is -0.381 e. The van der Waals surface area contributed by atoms with Crippen molar-refractivity contribution in [2.75, 3.05) is 12.4 Å². The second kappa shape index (κ2) is 4.49. The van der Waals surface area contributed by atoms with Crippen LogP contribution >= 0.6 is 0 Å². The molecule has 1 aliphatic rings. The Hall–Kier alpha value is -1.61. The van der Waals surface area contributed by atoms with Crippen LogP contribution < -0.4 is 5.32 Å². The van der Waals surface area contributed by atoms with E-state index in [2.05, 4.69) is 42.3 Å². The highest BCUT2D eigenvalue weighted by Crippen LogP contribution is 2.43. The number of fused-ring (bicyclic) bond motifs is 1. The number of benzene rings is 1. The summed E-state index contributed by atoms with van der Waals surface area (Å²) in [5, 5.41) is 4.71. The van der Waals surface area contributed by atoms with Crippen LogP contribution in [0.25, 0.3) is 10.9 Å². The zero-order chi connectivity index (χ0) is 13.5. The van der Waals surface area contributed by atoms with Gasteiger partial charge >= 0.3 is 0 Å². The lowest BCUT2D eigenvalue weighted by Crippen LogP contribution is -2.57. The minimum absolute atomic E-state index is 0.155. The number of nitrogens with one attached hydrogen (secondary N) is 1. The highest BCUT2D eigenvalue weighted by molar-refractivity contribution is 5.80. The molecule has 0 bridgehead atoms. The van der Waals surface area contributed by atoms with Crippen molar-refractivity contribution in [1.29, 1.82) is 0 Å². The predicted octanol–water partition coefficient (Wildman–Crippen LogP) is 3.46. The van der Waals surface area contributed by atoms with Gasteiger partial charge in [0.15, 0.2) is 0 Å². The van der Waals surface area contributed by atoms with Crippen LogP contribution in [0.1, 0.15) is 20.3 Å². The largest absolute Gasteiger partial charge is 0.381 e. The summed E-state index contributed by atoms with van der Waals surface area (Å²) in [6, 6.07) is 12.8. The van der Waals surface area contributed by atoms with Crippen LogP contribution in [0.5, 0.6) is 0 Å². The molecule has 0 saturated heterocycles. The van der Waals surface area contributed by atoms with Gasteiger partial charge in [0.1, 0.15) is 5.82 Å². The van der Waals surface area contributed by atoms with Gasteiger partial charge in [-0.25, -0.2) is 4.98 Å². The molecular formula is C16H20N2O. The first-order valence-electron chi connectivity index (χ1n) is 6.76. The third kappa shape index (κ3) is 2.08. The fourth-order valence-corrected chi connectivity index (χ4v) is 2.86. The van der Waals surface area contributed by atoms with E-state index in [1.54, 1.807) is 7.11 Å². The predicted molar refractivity (Wildman–Crippen MR) is 78.3 cm³/mol. The molecule has 0 radical (unpaired) electrons. The van der Waals surface area contributed by atoms with Crippen molar-refractivity contribution in [2.24, 2.45) is 5.41 Å². The quantitative estimate of drug-likeness (QED) is 0.913. The van der Waals surface area contributed by atoms with Crippen LogP contribution in [-0.4, -0.2) is 24.2 Å². The number of rotatable bonds is 3. The topological polar surface area (TPSA) is 34.1 Å². The van der Waals surface area contributed by atoms with Crippen molar-refractivity contribution in [3.05, 3.63) is 36.4 Å². The summed E-state index contributed by atoms with van der Waals surface area (Å²) < 4.78 is 5.48. The lowest BCUT2D eigenvalue weighted by atomic mass is 9.64. The van der Waals surface area contributed by atoms with E-state index >= 15 is 0 Å². The number of methoxy groups -OCH3 is 1. The van der Waals surface area contributed by atoms with Crippen molar-refractivity contribution in [2.45, 2.75) is 32.4 Å². The molecule has 1 aromatic carbocycles. The first kappa shape index (κ1) is 12.4. The van der Waals surface area contributed by atoms with Crippen LogP contribution in [-0.2, 0) is 4.74 Å². The number of hydrogen-bond acceptors (Lipinski definition) is 3. The van der Waals surface area contributed by atoms with Gasteiger partial charge in [0.2, 0.25) is 0 Å². The molecular weight excluding hydrogens is 236 g/mol. The molecule has 0 aliphatic heterocycles. The average molecular weight is 256 g/mol. The molecule has 1 saturated carbocycles. The van der Waals surface area contributed by atoms with E-state index < -0.39 is 0 Å². The summed E-state index contributed by atoms with van der Waals surface area (Å²) in [5.74, 6) is 0.950. The molecule has 2 atom stereocenters. The Morgan fingerprint density at radius 3 is 2.74 bits per heavy atom. The lowest BCUT2D eigenvalue weighted by Gasteiger charge is -2.51. The Morgan fingerprint density at radius 1 is 1.21 bits per heavy atom. The molecule has 1 fully saturated rings. The maximum atomic E-state index is 5.48. The van der Waals surface area contributed by atoms with Gasteiger partial charge in [0, 0.05) is 24.0 Å². The summed E-state index contributed by atoms with van der Waals surface area (Å²) in [6.07, 6.45) is 1.38. The van der Waals surface area contributed by atoms with Crippen LogP contribution in [0.15, 0.2) is 36.4 Å². The Balaban J connectivity index is 1.79. The molecule has 2 unspecified atom stereocenters. The molecule has 1 N–H and O–H groups in total. The Labute approximate surface area is 114 Å². The summed E-state index contributed by atoms with van der Waals surface area (Å²) in [5.41, 5.74) is 1.19. The lowest BCUT2D eigenvalue weighted by molar-refractivity contribution is -0.0795. The number of anilines is 1. The molecule has 2 aromatic rings. The van der Waals surface area contributed by atoms with Gasteiger partial charge in [-0.3, -0.25) is 0 Å². The van der Waals surface area contributed by atoms with E-state index in [-0.39, 0.29) is 5.41 Å². The smallest absolute Gasteiger partial charge is 0.126 e. The van der Waals surface area contributed by atoms with E-state index in [0.29, 0.717) is 12.1 Å². The van der Waals surface area contributed by atoms with Gasteiger partial charge in [-0.15, -0.1) is 0 Å². The summed E-state index contributed by atoms with van der Waals surface area (Å²) >= 11 is 0. The normalized spacial score (nSPS) is 25.0. The van der Waals surface area contributed by atoms with E-state index in [9.17, 15) is 0 Å². The molecule has 3 heteroatoms. The maximum absolute atomic E-state index is 5.48. The molecule has 1 aliphatic carbocycles. The highest BCUT2D eigenvalue weighted by Gasteiger charge is 2.48. The third-order valence-corrected chi connectivity index (χ3v) is 4.38. The number of hydrogen-bond donors (Lipinski definition) is 1. The molecule has 1 heterocycles. The third-order valence-electron chi connectivity index (χ3n) is 4.38. The van der Waals surface area contributed by atoms with Gasteiger partial charge in [0.05, 0.1) is 11.6 Å². The SMILES string of the molecule is COC1CC(Nc2ccc3ccccc3n2)C1(C)C. The monoisotopic (exact) mass is 256 g/mol. The van der Waals surface area contributed by atoms with Crippen LogP contribution in [0, 0.1) is 5.41 Å². The van der Waals surface area contributed by atoms with E-state index in [1.807, 2.05) is 18.2 Å². The molecule has 3 nitrogen and oxygen atoms in total. The first-order valence-corrected chi connectivity index (χ1v) is 6.76. The summed E-state index contributed by atoms with van der Waals surface area (Å²) in [7, 11) is 1.79. The fourth-order valence-electron chi connectivity index (χ4n) is 2.86. The molecule has 0 amide bonds. The molecule has 19 heavy (non-hydrogen) atoms. The van der Waals surface area contributed by atoms with Gasteiger partial charge in [-0.05, 0) is 24.6 Å². The standard InChI is InChI=1S/C16H20N2O/c1-16(2)13(10-14(16)19-3)18-15-9-8-11-6-4-5-7-12(11)17-15/h4-9,13-14H,10H2,1-3H3,(H,17,18). The van der Waals surface area contributed by atoms with Crippen LogP contribution in [0.2, 0.25) is 0 Å². The fraction of sp³-hybridized carbons (Fsp3) is 0.438. The summed E-state index contributed by atoms with van der Waals surface area (Å²) in [6.45, 7) is 4.48. The van der Waals surface area contributed by atoms with E-state index in [4.69, 9.17) is 4.74 Å². The zero-order valence-electron chi connectivity index (χ0n) is 11.7. The van der Waals surface area contributed by atoms with Crippen molar-refractivity contribution in [3.63, 3.8) is 0 Å². The Kier molecular flexibility index (Phi) is 2.94. The second-order valence-electron chi connectivity index (χ2n) is 5.87. The van der Waals surface area contributed by atoms with Gasteiger partial charge in [-0.1, -0.05) is 32.0 Å². The molecule has 0 spiro atoms. The van der Waals surface area contributed by atoms with Crippen LogP contribution in [0.3, 0.4) is 0 Å². The number of nitrogens with zero attached hydrogens (tertiary/aromatic N) is 1. The van der Waals surface area contributed by atoms with Crippen LogP contribution in [0.4, 0.5) is 5.82 Å². The van der Waals surface area contributed by atoms with Crippen molar-refractivity contribution in [1.82, 2.24) is 4.98 Å². The van der Waals surface area contributed by atoms with Crippen molar-refractivity contribution >= 4 is 16.7 Å². The van der Waals surface area contributed by atoms with Gasteiger partial charge in [-0.2, -0.15) is 0 Å².